The van der Waals surface area contributed by atoms with Gasteiger partial charge in [-0.2, -0.15) is 0 Å². The number of carbonyl (C=O) groups excluding carboxylic acids is 1. The monoisotopic (exact) mass is 185 g/mol. The van der Waals surface area contributed by atoms with Crippen molar-refractivity contribution < 1.29 is 14.7 Å². The third-order valence-electron chi connectivity index (χ3n) is 1.88. The first-order valence-electron chi connectivity index (χ1n) is 3.76. The van der Waals surface area contributed by atoms with Crippen molar-refractivity contribution in [3.05, 3.63) is 12.3 Å². The molecular formula is C7H11N3O3. The summed E-state index contributed by atoms with van der Waals surface area (Å²) in [5.41, 5.74) is 5.22. The summed E-state index contributed by atoms with van der Waals surface area (Å²) in [6.07, 6.45) is -1.11. The second-order valence-corrected chi connectivity index (χ2v) is 2.72. The number of carboxylic acid groups (broad SMARTS) is 1. The highest BCUT2D eigenvalue weighted by Gasteiger charge is 2.30. The van der Waals surface area contributed by atoms with Crippen LogP contribution >= 0.6 is 0 Å². The zero-order valence-corrected chi connectivity index (χ0v) is 6.99. The van der Waals surface area contributed by atoms with Crippen molar-refractivity contribution in [1.29, 1.82) is 0 Å². The van der Waals surface area contributed by atoms with Crippen molar-refractivity contribution in [3.63, 3.8) is 0 Å². The van der Waals surface area contributed by atoms with Crippen molar-refractivity contribution in [3.8, 4) is 0 Å². The normalized spacial score (nSPS) is 22.9. The van der Waals surface area contributed by atoms with Crippen molar-refractivity contribution in [1.82, 2.24) is 10.2 Å². The van der Waals surface area contributed by atoms with Gasteiger partial charge in [-0.05, 0) is 0 Å². The summed E-state index contributed by atoms with van der Waals surface area (Å²) in [6, 6.07) is -0.773. The molecular weight excluding hydrogens is 174 g/mol. The number of hydrogen-bond acceptors (Lipinski definition) is 3. The number of rotatable bonds is 1. The summed E-state index contributed by atoms with van der Waals surface area (Å²) in [5.74, 6) is -0.615. The summed E-state index contributed by atoms with van der Waals surface area (Å²) in [7, 11) is 0. The van der Waals surface area contributed by atoms with Gasteiger partial charge in [0.25, 0.3) is 0 Å². The van der Waals surface area contributed by atoms with Crippen LogP contribution < -0.4 is 11.1 Å². The predicted molar refractivity (Wildman–Crippen MR) is 44.9 cm³/mol. The van der Waals surface area contributed by atoms with E-state index in [1.54, 1.807) is 0 Å². The smallest absolute Gasteiger partial charge is 0.411 e. The zero-order chi connectivity index (χ0) is 10.0. The Morgan fingerprint density at radius 1 is 1.69 bits per heavy atom. The van der Waals surface area contributed by atoms with Crippen LogP contribution in [0.15, 0.2) is 12.3 Å². The predicted octanol–water partition coefficient (Wildman–Crippen LogP) is -1.06. The summed E-state index contributed by atoms with van der Waals surface area (Å²) < 4.78 is 0. The van der Waals surface area contributed by atoms with Gasteiger partial charge in [0.2, 0.25) is 5.91 Å². The Bertz CT molecular complexity index is 240. The van der Waals surface area contributed by atoms with Crippen LogP contribution in [0.3, 0.4) is 0 Å². The summed E-state index contributed by atoms with van der Waals surface area (Å²) in [5, 5.41) is 11.5. The number of nitrogens with zero attached hydrogens (tertiary/aromatic N) is 1. The van der Waals surface area contributed by atoms with Crippen molar-refractivity contribution in [2.24, 2.45) is 5.73 Å². The Hall–Kier alpha value is -1.56. The van der Waals surface area contributed by atoms with E-state index in [0.29, 0.717) is 6.54 Å². The summed E-state index contributed by atoms with van der Waals surface area (Å²) in [6.45, 7) is 4.19. The number of amides is 2. The zero-order valence-electron chi connectivity index (χ0n) is 6.99. The van der Waals surface area contributed by atoms with Crippen LogP contribution in [0.5, 0.6) is 0 Å². The van der Waals surface area contributed by atoms with Crippen molar-refractivity contribution >= 4 is 12.0 Å². The van der Waals surface area contributed by atoms with Crippen molar-refractivity contribution in [2.75, 3.05) is 13.1 Å². The Labute approximate surface area is 75.0 Å². The fourth-order valence-corrected chi connectivity index (χ4v) is 1.22. The summed E-state index contributed by atoms with van der Waals surface area (Å²) in [4.78, 5) is 22.5. The molecule has 1 aliphatic heterocycles. The van der Waals surface area contributed by atoms with Crippen LogP contribution in [0.1, 0.15) is 0 Å². The fourth-order valence-electron chi connectivity index (χ4n) is 1.22. The number of primary amides is 1. The van der Waals surface area contributed by atoms with E-state index >= 15 is 0 Å². The van der Waals surface area contributed by atoms with E-state index in [-0.39, 0.29) is 12.2 Å². The molecule has 72 valence electrons. The average molecular weight is 185 g/mol. The van der Waals surface area contributed by atoms with Crippen LogP contribution in [-0.2, 0) is 4.79 Å². The van der Waals surface area contributed by atoms with E-state index in [2.05, 4.69) is 11.9 Å². The van der Waals surface area contributed by atoms with E-state index in [1.807, 2.05) is 0 Å². The van der Waals surface area contributed by atoms with Crippen molar-refractivity contribution in [2.45, 2.75) is 6.04 Å². The molecule has 6 nitrogen and oxygen atoms in total. The molecule has 0 aromatic carbocycles. The maximum Gasteiger partial charge on any atom is 0.411 e. The maximum absolute atomic E-state index is 10.8. The Kier molecular flexibility index (Phi) is 2.52. The van der Waals surface area contributed by atoms with Gasteiger partial charge in [-0.25, -0.2) is 4.79 Å². The second kappa shape index (κ2) is 3.44. The van der Waals surface area contributed by atoms with Gasteiger partial charge in [-0.15, -0.1) is 0 Å². The molecule has 1 fully saturated rings. The molecule has 13 heavy (non-hydrogen) atoms. The van der Waals surface area contributed by atoms with Gasteiger partial charge in [-0.3, -0.25) is 15.0 Å². The van der Waals surface area contributed by atoms with Crippen LogP contribution in [0.25, 0.3) is 0 Å². The van der Waals surface area contributed by atoms with E-state index in [1.165, 1.54) is 0 Å². The standard InChI is InChI=1S/C7H11N3O3/c1-4-5(6(8)11)9-2-3-10(4)7(12)13/h5,9H,1-3H2,(H2,8,11)(H,12,13). The van der Waals surface area contributed by atoms with Gasteiger partial charge in [0.15, 0.2) is 0 Å². The minimum Gasteiger partial charge on any atom is -0.465 e. The first kappa shape index (κ1) is 9.53. The lowest BCUT2D eigenvalue weighted by Crippen LogP contribution is -2.55. The van der Waals surface area contributed by atoms with Gasteiger partial charge < -0.3 is 10.8 Å². The molecule has 2 amide bonds. The lowest BCUT2D eigenvalue weighted by molar-refractivity contribution is -0.119. The number of nitrogens with one attached hydrogen (secondary N) is 1. The van der Waals surface area contributed by atoms with Crippen LogP contribution in [0.4, 0.5) is 4.79 Å². The Morgan fingerprint density at radius 2 is 2.31 bits per heavy atom. The quantitative estimate of drug-likeness (QED) is 0.485. The molecule has 0 aromatic heterocycles. The van der Waals surface area contributed by atoms with Crippen LogP contribution in [0, 0.1) is 0 Å². The van der Waals surface area contributed by atoms with E-state index < -0.39 is 18.0 Å². The number of carbonyl (C=O) groups is 2. The highest BCUT2D eigenvalue weighted by molar-refractivity contribution is 5.84. The topological polar surface area (TPSA) is 95.7 Å². The van der Waals surface area contributed by atoms with Crippen LogP contribution in [0.2, 0.25) is 0 Å². The third kappa shape index (κ3) is 1.78. The maximum atomic E-state index is 10.8. The second-order valence-electron chi connectivity index (χ2n) is 2.72. The van der Waals surface area contributed by atoms with Gasteiger partial charge in [0, 0.05) is 18.8 Å². The van der Waals surface area contributed by atoms with Gasteiger partial charge in [-0.1, -0.05) is 6.58 Å². The lowest BCUT2D eigenvalue weighted by Gasteiger charge is -2.32. The van der Waals surface area contributed by atoms with Gasteiger partial charge in [0.05, 0.1) is 0 Å². The Balaban J connectivity index is 2.77. The molecule has 0 aliphatic carbocycles. The Morgan fingerprint density at radius 3 is 2.77 bits per heavy atom. The molecule has 1 unspecified atom stereocenters. The number of nitrogens with two attached hydrogens (primary N) is 1. The molecule has 0 saturated carbocycles. The van der Waals surface area contributed by atoms with Gasteiger partial charge >= 0.3 is 6.09 Å². The highest BCUT2D eigenvalue weighted by Crippen LogP contribution is 2.11. The molecule has 1 saturated heterocycles. The molecule has 0 radical (unpaired) electrons. The fraction of sp³-hybridized carbons (Fsp3) is 0.429. The third-order valence-corrected chi connectivity index (χ3v) is 1.88. The SMILES string of the molecule is C=C1C(C(N)=O)NCCN1C(=O)O. The average Bonchev–Trinajstić information content (AvgIpc) is 2.03. The minimum absolute atomic E-state index is 0.186. The number of hydrogen-bond donors (Lipinski definition) is 3. The van der Waals surface area contributed by atoms with E-state index in [0.717, 1.165) is 4.90 Å². The molecule has 1 rings (SSSR count). The first-order chi connectivity index (χ1) is 6.04. The largest absolute Gasteiger partial charge is 0.465 e. The molecule has 0 spiro atoms. The molecule has 1 aliphatic rings. The molecule has 6 heteroatoms. The molecule has 1 heterocycles. The molecule has 0 bridgehead atoms. The number of piperazine rings is 1. The van der Waals surface area contributed by atoms with E-state index in [4.69, 9.17) is 10.8 Å². The molecule has 0 aromatic rings. The van der Waals surface area contributed by atoms with Gasteiger partial charge in [0.1, 0.15) is 6.04 Å². The minimum atomic E-state index is -1.11. The van der Waals surface area contributed by atoms with Crippen LogP contribution in [-0.4, -0.2) is 41.1 Å². The summed E-state index contributed by atoms with van der Waals surface area (Å²) >= 11 is 0. The lowest BCUT2D eigenvalue weighted by atomic mass is 10.1. The molecule has 1 atom stereocenters. The molecule has 4 N–H and O–H groups in total. The van der Waals surface area contributed by atoms with E-state index in [9.17, 15) is 9.59 Å². The first-order valence-corrected chi connectivity index (χ1v) is 3.76. The highest BCUT2D eigenvalue weighted by atomic mass is 16.4.